The first-order valence-electron chi connectivity index (χ1n) is 9.92. The fourth-order valence-corrected chi connectivity index (χ4v) is 3.26. The van der Waals surface area contributed by atoms with Gasteiger partial charge in [-0.3, -0.25) is 10.1 Å². The molecule has 0 fully saturated rings. The highest BCUT2D eigenvalue weighted by Crippen LogP contribution is 2.23. The molecule has 5 heteroatoms. The lowest BCUT2D eigenvalue weighted by atomic mass is 9.97. The number of halogens is 1. The standard InChI is InChI=1S/C25H24FN3O/c1-2-18-6-10-20(11-7-18)25(21-4-3-5-22(26)16-21)28-17-24(30)29-23-12-8-19(9-13-23)14-15-27/h3-13,16,25,28H,2,14,17H2,1H3,(H,29,30)/t25-/m1/s1. The summed E-state index contributed by atoms with van der Waals surface area (Å²) in [5.74, 6) is -0.513. The molecule has 4 nitrogen and oxygen atoms in total. The SMILES string of the molecule is CCc1ccc([C@@H](NCC(=O)Nc2ccc(CC#N)cc2)c2cccc(F)c2)cc1. The molecule has 3 aromatic rings. The number of rotatable bonds is 8. The zero-order valence-corrected chi connectivity index (χ0v) is 16.9. The fourth-order valence-electron chi connectivity index (χ4n) is 3.26. The highest BCUT2D eigenvalue weighted by molar-refractivity contribution is 5.92. The van der Waals surface area contributed by atoms with Crippen LogP contribution in [0.3, 0.4) is 0 Å². The molecule has 0 radical (unpaired) electrons. The van der Waals surface area contributed by atoms with Crippen LogP contribution in [0.25, 0.3) is 0 Å². The molecule has 0 unspecified atom stereocenters. The predicted octanol–water partition coefficient (Wildman–Crippen LogP) is 4.77. The van der Waals surface area contributed by atoms with Crippen molar-refractivity contribution in [3.05, 3.63) is 101 Å². The molecule has 1 atom stereocenters. The molecule has 0 aliphatic rings. The number of nitrogens with one attached hydrogen (secondary N) is 2. The molecule has 0 saturated heterocycles. The Morgan fingerprint density at radius 3 is 2.33 bits per heavy atom. The summed E-state index contributed by atoms with van der Waals surface area (Å²) >= 11 is 0. The maximum Gasteiger partial charge on any atom is 0.238 e. The minimum atomic E-state index is -0.314. The van der Waals surface area contributed by atoms with E-state index in [4.69, 9.17) is 5.26 Å². The van der Waals surface area contributed by atoms with E-state index in [0.29, 0.717) is 12.1 Å². The maximum atomic E-state index is 13.8. The lowest BCUT2D eigenvalue weighted by molar-refractivity contribution is -0.115. The molecule has 3 aromatic carbocycles. The van der Waals surface area contributed by atoms with Crippen LogP contribution in [0, 0.1) is 17.1 Å². The van der Waals surface area contributed by atoms with Crippen molar-refractivity contribution < 1.29 is 9.18 Å². The fraction of sp³-hybridized carbons (Fsp3) is 0.200. The Morgan fingerprint density at radius 1 is 1.00 bits per heavy atom. The smallest absolute Gasteiger partial charge is 0.238 e. The highest BCUT2D eigenvalue weighted by atomic mass is 19.1. The number of hydrogen-bond acceptors (Lipinski definition) is 3. The van der Waals surface area contributed by atoms with Crippen molar-refractivity contribution in [2.75, 3.05) is 11.9 Å². The van der Waals surface area contributed by atoms with Crippen molar-refractivity contribution in [1.29, 1.82) is 5.26 Å². The highest BCUT2D eigenvalue weighted by Gasteiger charge is 2.16. The molecule has 30 heavy (non-hydrogen) atoms. The van der Waals surface area contributed by atoms with Crippen LogP contribution < -0.4 is 10.6 Å². The van der Waals surface area contributed by atoms with Gasteiger partial charge in [0.1, 0.15) is 5.82 Å². The Bertz CT molecular complexity index is 1020. The van der Waals surface area contributed by atoms with Crippen molar-refractivity contribution in [3.63, 3.8) is 0 Å². The monoisotopic (exact) mass is 401 g/mol. The van der Waals surface area contributed by atoms with Gasteiger partial charge in [-0.1, -0.05) is 55.5 Å². The van der Waals surface area contributed by atoms with Gasteiger partial charge in [0.15, 0.2) is 0 Å². The van der Waals surface area contributed by atoms with Crippen LogP contribution in [0.5, 0.6) is 0 Å². The summed E-state index contributed by atoms with van der Waals surface area (Å²) in [5.41, 5.74) is 4.50. The number of amides is 1. The Morgan fingerprint density at radius 2 is 1.70 bits per heavy atom. The van der Waals surface area contributed by atoms with Crippen molar-refractivity contribution in [3.8, 4) is 6.07 Å². The molecule has 0 aliphatic carbocycles. The second-order valence-corrected chi connectivity index (χ2v) is 7.04. The van der Waals surface area contributed by atoms with Crippen LogP contribution in [-0.4, -0.2) is 12.5 Å². The van der Waals surface area contributed by atoms with E-state index in [1.54, 1.807) is 18.2 Å². The van der Waals surface area contributed by atoms with Crippen molar-refractivity contribution in [1.82, 2.24) is 5.32 Å². The first-order valence-corrected chi connectivity index (χ1v) is 9.92. The van der Waals surface area contributed by atoms with Crippen LogP contribution in [0.2, 0.25) is 0 Å². The number of anilines is 1. The number of hydrogen-bond donors (Lipinski definition) is 2. The maximum absolute atomic E-state index is 13.8. The van der Waals surface area contributed by atoms with Crippen molar-refractivity contribution in [2.24, 2.45) is 0 Å². The van der Waals surface area contributed by atoms with Gasteiger partial charge >= 0.3 is 0 Å². The normalized spacial score (nSPS) is 11.5. The van der Waals surface area contributed by atoms with Gasteiger partial charge in [0.05, 0.1) is 25.1 Å². The van der Waals surface area contributed by atoms with Gasteiger partial charge in [0.2, 0.25) is 5.91 Å². The number of carbonyl (C=O) groups excluding carboxylic acids is 1. The number of carbonyl (C=O) groups is 1. The van der Waals surface area contributed by atoms with Crippen LogP contribution >= 0.6 is 0 Å². The quantitative estimate of drug-likeness (QED) is 0.571. The second-order valence-electron chi connectivity index (χ2n) is 7.04. The van der Waals surface area contributed by atoms with Gasteiger partial charge in [-0.15, -0.1) is 0 Å². The summed E-state index contributed by atoms with van der Waals surface area (Å²) in [4.78, 5) is 12.5. The summed E-state index contributed by atoms with van der Waals surface area (Å²) < 4.78 is 13.8. The average molecular weight is 401 g/mol. The van der Waals surface area contributed by atoms with Crippen LogP contribution in [-0.2, 0) is 17.6 Å². The zero-order valence-electron chi connectivity index (χ0n) is 16.9. The van der Waals surface area contributed by atoms with E-state index in [1.165, 1.54) is 17.7 Å². The van der Waals surface area contributed by atoms with Gasteiger partial charge in [0.25, 0.3) is 0 Å². The summed E-state index contributed by atoms with van der Waals surface area (Å²) in [5, 5.41) is 14.8. The topological polar surface area (TPSA) is 64.9 Å². The molecule has 0 bridgehead atoms. The van der Waals surface area contributed by atoms with Crippen molar-refractivity contribution in [2.45, 2.75) is 25.8 Å². The van der Waals surface area contributed by atoms with E-state index in [1.807, 2.05) is 42.5 Å². The Labute approximate surface area is 176 Å². The van der Waals surface area contributed by atoms with Crippen LogP contribution in [0.1, 0.15) is 35.2 Å². The second kappa shape index (κ2) is 10.3. The molecule has 1 amide bonds. The molecule has 0 spiro atoms. The molecular formula is C25H24FN3O. The van der Waals surface area contributed by atoms with Crippen molar-refractivity contribution >= 4 is 11.6 Å². The molecular weight excluding hydrogens is 377 g/mol. The number of nitriles is 1. The third-order valence-corrected chi connectivity index (χ3v) is 4.89. The lowest BCUT2D eigenvalue weighted by Gasteiger charge is -2.20. The van der Waals surface area contributed by atoms with E-state index < -0.39 is 0 Å². The van der Waals surface area contributed by atoms with E-state index in [0.717, 1.165) is 23.1 Å². The summed E-state index contributed by atoms with van der Waals surface area (Å²) in [6, 6.07) is 23.5. The molecule has 0 heterocycles. The molecule has 0 aromatic heterocycles. The zero-order chi connectivity index (χ0) is 21.3. The van der Waals surface area contributed by atoms with Gasteiger partial charge in [-0.2, -0.15) is 5.26 Å². The van der Waals surface area contributed by atoms with Gasteiger partial charge < -0.3 is 5.32 Å². The Hall–Kier alpha value is -3.49. The van der Waals surface area contributed by atoms with Crippen LogP contribution in [0.4, 0.5) is 10.1 Å². The predicted molar refractivity (Wildman–Crippen MR) is 116 cm³/mol. The van der Waals surface area contributed by atoms with Gasteiger partial charge in [-0.05, 0) is 52.9 Å². The molecule has 0 saturated carbocycles. The average Bonchev–Trinajstić information content (AvgIpc) is 2.76. The Kier molecular flexibility index (Phi) is 7.31. The minimum absolute atomic E-state index is 0.0661. The van der Waals surface area contributed by atoms with Gasteiger partial charge in [-0.25, -0.2) is 4.39 Å². The first kappa shape index (κ1) is 21.2. The van der Waals surface area contributed by atoms with Crippen LogP contribution in [0.15, 0.2) is 72.8 Å². The van der Waals surface area contributed by atoms with E-state index in [9.17, 15) is 9.18 Å². The van der Waals surface area contributed by atoms with E-state index in [-0.39, 0.29) is 24.3 Å². The van der Waals surface area contributed by atoms with E-state index in [2.05, 4.69) is 23.6 Å². The number of nitrogens with zero attached hydrogens (tertiary/aromatic N) is 1. The summed E-state index contributed by atoms with van der Waals surface area (Å²) in [6.07, 6.45) is 1.27. The summed E-state index contributed by atoms with van der Waals surface area (Å²) in [6.45, 7) is 2.16. The number of benzene rings is 3. The first-order chi connectivity index (χ1) is 14.6. The number of aryl methyl sites for hydroxylation is 1. The van der Waals surface area contributed by atoms with Gasteiger partial charge in [0, 0.05) is 5.69 Å². The van der Waals surface area contributed by atoms with E-state index >= 15 is 0 Å². The Balaban J connectivity index is 1.71. The molecule has 2 N–H and O–H groups in total. The molecule has 3 rings (SSSR count). The largest absolute Gasteiger partial charge is 0.325 e. The third-order valence-electron chi connectivity index (χ3n) is 4.89. The molecule has 0 aliphatic heterocycles. The third kappa shape index (κ3) is 5.76. The molecule has 152 valence electrons. The minimum Gasteiger partial charge on any atom is -0.325 e. The summed E-state index contributed by atoms with van der Waals surface area (Å²) in [7, 11) is 0. The lowest BCUT2D eigenvalue weighted by Crippen LogP contribution is -2.32.